The predicted molar refractivity (Wildman–Crippen MR) is 69.1 cm³/mol. The minimum atomic E-state index is -0.236. The Kier molecular flexibility index (Phi) is 6.12. The lowest BCUT2D eigenvalue weighted by Gasteiger charge is -2.22. The molecule has 0 aliphatic carbocycles. The van der Waals surface area contributed by atoms with Crippen LogP contribution in [0.15, 0.2) is 0 Å². The first-order valence-corrected chi connectivity index (χ1v) is 6.75. The van der Waals surface area contributed by atoms with Crippen molar-refractivity contribution in [3.63, 3.8) is 0 Å². The van der Waals surface area contributed by atoms with Gasteiger partial charge in [0.2, 0.25) is 5.91 Å². The van der Waals surface area contributed by atoms with Gasteiger partial charge in [-0.2, -0.15) is 0 Å². The van der Waals surface area contributed by atoms with E-state index in [9.17, 15) is 9.59 Å². The average Bonchev–Trinajstić information content (AvgIpc) is 2.88. The summed E-state index contributed by atoms with van der Waals surface area (Å²) < 4.78 is 4.92. The van der Waals surface area contributed by atoms with Gasteiger partial charge in [-0.1, -0.05) is 6.92 Å². The van der Waals surface area contributed by atoms with Crippen molar-refractivity contribution in [3.8, 4) is 0 Å². The Morgan fingerprint density at radius 3 is 2.44 bits per heavy atom. The minimum Gasteiger partial charge on any atom is -0.466 e. The SMILES string of the molecule is CCOC(=O)C(C)CNC(C)C(=O)N1CCCC1. The van der Waals surface area contributed by atoms with E-state index in [2.05, 4.69) is 5.32 Å². The van der Waals surface area contributed by atoms with Crippen LogP contribution in [0.3, 0.4) is 0 Å². The van der Waals surface area contributed by atoms with E-state index in [4.69, 9.17) is 4.74 Å². The number of amides is 1. The second-order valence-corrected chi connectivity index (χ2v) is 4.82. The third-order valence-corrected chi connectivity index (χ3v) is 3.21. The molecule has 1 saturated heterocycles. The zero-order chi connectivity index (χ0) is 13.5. The van der Waals surface area contributed by atoms with Crippen LogP contribution in [0.1, 0.15) is 33.6 Å². The summed E-state index contributed by atoms with van der Waals surface area (Å²) in [5.41, 5.74) is 0. The normalized spacial score (nSPS) is 18.5. The Balaban J connectivity index is 2.29. The number of rotatable bonds is 6. The molecule has 1 N–H and O–H groups in total. The molecule has 1 amide bonds. The number of carbonyl (C=O) groups excluding carboxylic acids is 2. The lowest BCUT2D eigenvalue weighted by atomic mass is 10.1. The van der Waals surface area contributed by atoms with E-state index in [-0.39, 0.29) is 23.8 Å². The third kappa shape index (κ3) is 4.29. The van der Waals surface area contributed by atoms with Gasteiger partial charge < -0.3 is 15.0 Å². The van der Waals surface area contributed by atoms with Crippen LogP contribution >= 0.6 is 0 Å². The first-order valence-electron chi connectivity index (χ1n) is 6.75. The Morgan fingerprint density at radius 2 is 1.89 bits per heavy atom. The van der Waals surface area contributed by atoms with Crippen molar-refractivity contribution in [3.05, 3.63) is 0 Å². The first-order chi connectivity index (χ1) is 8.56. The van der Waals surface area contributed by atoms with Crippen LogP contribution < -0.4 is 5.32 Å². The Labute approximate surface area is 109 Å². The van der Waals surface area contributed by atoms with Crippen molar-refractivity contribution in [2.75, 3.05) is 26.2 Å². The van der Waals surface area contributed by atoms with Gasteiger partial charge in [0.25, 0.3) is 0 Å². The highest BCUT2D eigenvalue weighted by Gasteiger charge is 2.24. The molecule has 104 valence electrons. The molecule has 0 aromatic carbocycles. The highest BCUT2D eigenvalue weighted by atomic mass is 16.5. The smallest absolute Gasteiger partial charge is 0.309 e. The molecule has 0 saturated carbocycles. The molecule has 0 radical (unpaired) electrons. The second kappa shape index (κ2) is 7.36. The van der Waals surface area contributed by atoms with E-state index in [1.54, 1.807) is 13.8 Å². The molecule has 0 aromatic rings. The van der Waals surface area contributed by atoms with E-state index in [1.807, 2.05) is 11.8 Å². The van der Waals surface area contributed by atoms with Crippen LogP contribution in [0.4, 0.5) is 0 Å². The Morgan fingerprint density at radius 1 is 1.28 bits per heavy atom. The summed E-state index contributed by atoms with van der Waals surface area (Å²) in [6.07, 6.45) is 2.19. The van der Waals surface area contributed by atoms with Crippen molar-refractivity contribution in [2.24, 2.45) is 5.92 Å². The lowest BCUT2D eigenvalue weighted by Crippen LogP contribution is -2.45. The molecule has 1 aliphatic rings. The standard InChI is InChI=1S/C13H24N2O3/c1-4-18-13(17)10(2)9-14-11(3)12(16)15-7-5-6-8-15/h10-11,14H,4-9H2,1-3H3. The van der Waals surface area contributed by atoms with Gasteiger partial charge in [0, 0.05) is 19.6 Å². The third-order valence-electron chi connectivity index (χ3n) is 3.21. The van der Waals surface area contributed by atoms with Crippen molar-refractivity contribution in [1.82, 2.24) is 10.2 Å². The fourth-order valence-corrected chi connectivity index (χ4v) is 2.02. The maximum atomic E-state index is 12.0. The molecule has 5 heteroatoms. The van der Waals surface area contributed by atoms with Crippen LogP contribution in [0.2, 0.25) is 0 Å². The number of likely N-dealkylation sites (tertiary alicyclic amines) is 1. The van der Waals surface area contributed by atoms with Crippen molar-refractivity contribution in [2.45, 2.75) is 39.7 Å². The van der Waals surface area contributed by atoms with Gasteiger partial charge in [-0.3, -0.25) is 9.59 Å². The molecule has 1 fully saturated rings. The summed E-state index contributed by atoms with van der Waals surface area (Å²) in [5.74, 6) is -0.312. The summed E-state index contributed by atoms with van der Waals surface area (Å²) in [6, 6.07) is -0.236. The zero-order valence-electron chi connectivity index (χ0n) is 11.6. The monoisotopic (exact) mass is 256 g/mol. The van der Waals surface area contributed by atoms with Crippen molar-refractivity contribution in [1.29, 1.82) is 0 Å². The van der Waals surface area contributed by atoms with Crippen LogP contribution in [0, 0.1) is 5.92 Å². The number of esters is 1. The molecular formula is C13H24N2O3. The molecule has 0 spiro atoms. The molecule has 18 heavy (non-hydrogen) atoms. The van der Waals surface area contributed by atoms with E-state index < -0.39 is 0 Å². The van der Waals surface area contributed by atoms with Gasteiger partial charge >= 0.3 is 5.97 Å². The largest absolute Gasteiger partial charge is 0.466 e. The number of hydrogen-bond donors (Lipinski definition) is 1. The van der Waals surface area contributed by atoms with Gasteiger partial charge in [0.15, 0.2) is 0 Å². The summed E-state index contributed by atoms with van der Waals surface area (Å²) in [7, 11) is 0. The van der Waals surface area contributed by atoms with E-state index >= 15 is 0 Å². The van der Waals surface area contributed by atoms with E-state index in [1.165, 1.54) is 0 Å². The predicted octanol–water partition coefficient (Wildman–Crippen LogP) is 0.786. The molecule has 0 aromatic heterocycles. The molecule has 2 atom stereocenters. The van der Waals surface area contributed by atoms with Gasteiger partial charge in [0.1, 0.15) is 0 Å². The van der Waals surface area contributed by atoms with Crippen LogP contribution in [-0.4, -0.2) is 49.1 Å². The van der Waals surface area contributed by atoms with Crippen LogP contribution in [-0.2, 0) is 14.3 Å². The topological polar surface area (TPSA) is 58.6 Å². The van der Waals surface area contributed by atoms with Crippen LogP contribution in [0.25, 0.3) is 0 Å². The number of ether oxygens (including phenoxy) is 1. The highest BCUT2D eigenvalue weighted by Crippen LogP contribution is 2.09. The van der Waals surface area contributed by atoms with E-state index in [0.29, 0.717) is 13.2 Å². The van der Waals surface area contributed by atoms with Gasteiger partial charge in [0.05, 0.1) is 18.6 Å². The van der Waals surface area contributed by atoms with Crippen molar-refractivity contribution >= 4 is 11.9 Å². The maximum absolute atomic E-state index is 12.0. The zero-order valence-corrected chi connectivity index (χ0v) is 11.6. The fourth-order valence-electron chi connectivity index (χ4n) is 2.02. The molecular weight excluding hydrogens is 232 g/mol. The number of nitrogens with one attached hydrogen (secondary N) is 1. The van der Waals surface area contributed by atoms with Gasteiger partial charge in [-0.05, 0) is 26.7 Å². The van der Waals surface area contributed by atoms with Gasteiger partial charge in [-0.15, -0.1) is 0 Å². The average molecular weight is 256 g/mol. The van der Waals surface area contributed by atoms with Crippen molar-refractivity contribution < 1.29 is 14.3 Å². The highest BCUT2D eigenvalue weighted by molar-refractivity contribution is 5.81. The molecule has 0 bridgehead atoms. The minimum absolute atomic E-state index is 0.128. The lowest BCUT2D eigenvalue weighted by molar-refractivity contribution is -0.147. The molecule has 1 rings (SSSR count). The summed E-state index contributed by atoms with van der Waals surface area (Å²) in [5, 5.41) is 3.11. The number of nitrogens with zero attached hydrogens (tertiary/aromatic N) is 1. The molecule has 1 heterocycles. The van der Waals surface area contributed by atoms with E-state index in [0.717, 1.165) is 25.9 Å². The first kappa shape index (κ1) is 15.0. The molecule has 1 aliphatic heterocycles. The quantitative estimate of drug-likeness (QED) is 0.714. The molecule has 5 nitrogen and oxygen atoms in total. The summed E-state index contributed by atoms with van der Waals surface area (Å²) >= 11 is 0. The number of hydrogen-bond acceptors (Lipinski definition) is 4. The molecule has 2 unspecified atom stereocenters. The summed E-state index contributed by atoms with van der Waals surface area (Å²) in [4.78, 5) is 25.3. The summed E-state index contributed by atoms with van der Waals surface area (Å²) in [6.45, 7) is 8.02. The maximum Gasteiger partial charge on any atom is 0.309 e. The fraction of sp³-hybridized carbons (Fsp3) is 0.846. The number of carbonyl (C=O) groups is 2. The van der Waals surface area contributed by atoms with Crippen LogP contribution in [0.5, 0.6) is 0 Å². The second-order valence-electron chi connectivity index (χ2n) is 4.82. The Hall–Kier alpha value is -1.10. The van der Waals surface area contributed by atoms with Gasteiger partial charge in [-0.25, -0.2) is 0 Å². The Bertz CT molecular complexity index is 288.